The molecule has 0 aliphatic carbocycles. The van der Waals surface area contributed by atoms with Gasteiger partial charge in [-0.3, -0.25) is 0 Å². The number of fused-ring (bicyclic) bond motifs is 24. The normalized spacial score (nSPS) is 12.3. The Labute approximate surface area is 636 Å². The summed E-state index contributed by atoms with van der Waals surface area (Å²) in [5, 5.41) is 30.8. The minimum atomic E-state index is 1.20. The third-order valence-electron chi connectivity index (χ3n) is 23.4. The van der Waals surface area contributed by atoms with Crippen molar-refractivity contribution >= 4 is 212 Å². The lowest BCUT2D eigenvalue weighted by Crippen LogP contribution is -1.93. The highest BCUT2D eigenvalue weighted by Gasteiger charge is 2.26. The zero-order chi connectivity index (χ0) is 70.4. The van der Waals surface area contributed by atoms with Gasteiger partial charge in [0.25, 0.3) is 0 Å². The van der Waals surface area contributed by atoms with Crippen LogP contribution in [0.5, 0.6) is 0 Å². The predicted octanol–water partition coefficient (Wildman–Crippen LogP) is 32.1. The van der Waals surface area contributed by atoms with Crippen molar-refractivity contribution in [1.82, 2.24) is 0 Å². The van der Waals surface area contributed by atoms with Crippen molar-refractivity contribution in [2.75, 3.05) is 0 Å². The Morgan fingerprint density at radius 3 is 1.22 bits per heavy atom. The summed E-state index contributed by atoms with van der Waals surface area (Å²) in [7, 11) is 0. The fourth-order valence-electron chi connectivity index (χ4n) is 18.8. The molecule has 0 aliphatic rings. The molecule has 0 spiro atoms. The van der Waals surface area contributed by atoms with Crippen molar-refractivity contribution in [2.24, 2.45) is 0 Å². The maximum absolute atomic E-state index is 2.52. The molecule has 498 valence electrons. The molecule has 0 amide bonds. The fourth-order valence-corrected chi connectivity index (χ4v) is 23.8. The van der Waals surface area contributed by atoms with Crippen LogP contribution < -0.4 is 0 Å². The van der Waals surface area contributed by atoms with Crippen molar-refractivity contribution in [3.8, 4) is 77.9 Å². The van der Waals surface area contributed by atoms with Gasteiger partial charge in [0.2, 0.25) is 0 Å². The van der Waals surface area contributed by atoms with Crippen LogP contribution in [-0.2, 0) is 0 Å². The van der Waals surface area contributed by atoms with Crippen molar-refractivity contribution < 1.29 is 0 Å². The summed E-state index contributed by atoms with van der Waals surface area (Å²) < 4.78 is 10.7. The maximum Gasteiger partial charge on any atom is 0.0540 e. The molecule has 0 atom stereocenters. The lowest BCUT2D eigenvalue weighted by Gasteiger charge is -2.20. The van der Waals surface area contributed by atoms with Gasteiger partial charge in [0.1, 0.15) is 0 Å². The quantitative estimate of drug-likeness (QED) is 0.140. The van der Waals surface area contributed by atoms with Crippen molar-refractivity contribution in [3.63, 3.8) is 0 Å². The summed E-state index contributed by atoms with van der Waals surface area (Å²) in [5.74, 6) is 0. The molecule has 0 fully saturated rings. The number of rotatable bonds is 7. The van der Waals surface area contributed by atoms with Gasteiger partial charge in [-0.05, 0) is 202 Å². The lowest BCUT2D eigenvalue weighted by atomic mass is 9.83. The molecule has 20 aromatic carbocycles. The van der Waals surface area contributed by atoms with Crippen LogP contribution in [-0.4, -0.2) is 0 Å². The first kappa shape index (κ1) is 60.6. The Morgan fingerprint density at radius 2 is 0.565 bits per heavy atom. The molecule has 0 aliphatic heterocycles. The van der Waals surface area contributed by atoms with Gasteiger partial charge in [-0.1, -0.05) is 303 Å². The molecule has 4 heterocycles. The topological polar surface area (TPSA) is 0 Å². The smallest absolute Gasteiger partial charge is 0.0540 e. The van der Waals surface area contributed by atoms with Crippen LogP contribution in [0.1, 0.15) is 0 Å². The monoisotopic (exact) mass is 1430 g/mol. The van der Waals surface area contributed by atoms with E-state index < -0.39 is 0 Å². The Balaban J connectivity index is 0.646. The molecule has 0 saturated heterocycles. The van der Waals surface area contributed by atoms with E-state index >= 15 is 0 Å². The Morgan fingerprint density at radius 1 is 0.139 bits per heavy atom. The van der Waals surface area contributed by atoms with Crippen LogP contribution in [0.2, 0.25) is 0 Å². The minimum absolute atomic E-state index is 1.20. The molecule has 0 bridgehead atoms. The van der Waals surface area contributed by atoms with Crippen molar-refractivity contribution in [3.05, 3.63) is 352 Å². The van der Waals surface area contributed by atoms with E-state index in [0.717, 1.165) is 0 Å². The van der Waals surface area contributed by atoms with Gasteiger partial charge in [0, 0.05) is 82.2 Å². The average Bonchev–Trinajstić information content (AvgIpc) is 1.44. The second-order valence-electron chi connectivity index (χ2n) is 29.0. The molecule has 24 aromatic rings. The molecule has 0 saturated carbocycles. The van der Waals surface area contributed by atoms with Crippen molar-refractivity contribution in [2.45, 2.75) is 0 Å². The van der Waals surface area contributed by atoms with Crippen LogP contribution in [0.3, 0.4) is 0 Å². The van der Waals surface area contributed by atoms with E-state index in [0.29, 0.717) is 0 Å². The van der Waals surface area contributed by atoms with Gasteiger partial charge in [0.15, 0.2) is 0 Å². The molecule has 0 unspecified atom stereocenters. The summed E-state index contributed by atoms with van der Waals surface area (Å²) in [4.78, 5) is 0. The van der Waals surface area contributed by atoms with Gasteiger partial charge >= 0.3 is 0 Å². The molecular formula is C104H58S4. The van der Waals surface area contributed by atoms with Gasteiger partial charge in [0.05, 0.1) is 9.40 Å². The second kappa shape index (κ2) is 23.4. The highest BCUT2D eigenvalue weighted by atomic mass is 32.1. The third-order valence-corrected chi connectivity index (χ3v) is 28.4. The Hall–Kier alpha value is -12.6. The molecule has 108 heavy (non-hydrogen) atoms. The van der Waals surface area contributed by atoms with Crippen LogP contribution in [0.4, 0.5) is 0 Å². The van der Waals surface area contributed by atoms with Gasteiger partial charge in [-0.15, -0.1) is 45.3 Å². The fraction of sp³-hybridized carbons (Fsp3) is 0. The number of thiophene rings is 4. The largest absolute Gasteiger partial charge is 0.135 e. The SMILES string of the molecule is c1cc(-c2ccc3sc4c5sc6ccccc6c5c5ccccc5c4c3c2)cc(-c2c3ccccc3c(-c3ccc(-c4cccc5c4sc4c6cc7sc8ccccc8c7cc6c(-c6ccc(-c7c8ccccc8c(-c8cccc9ccccc89)c8ccccc78)cc6)cc54)c4ccccc34)c3ccccc23)c1. The molecular weight excluding hydrogens is 1380 g/mol. The van der Waals surface area contributed by atoms with E-state index in [4.69, 9.17) is 0 Å². The summed E-state index contributed by atoms with van der Waals surface area (Å²) in [5.41, 5.74) is 17.3. The number of benzene rings is 20. The zero-order valence-electron chi connectivity index (χ0n) is 58.1. The Bertz CT molecular complexity index is 7930. The summed E-state index contributed by atoms with van der Waals surface area (Å²) >= 11 is 7.73. The molecule has 24 rings (SSSR count). The van der Waals surface area contributed by atoms with E-state index in [2.05, 4.69) is 352 Å². The predicted molar refractivity (Wildman–Crippen MR) is 476 cm³/mol. The summed E-state index contributed by atoms with van der Waals surface area (Å²) in [6.07, 6.45) is 0. The molecule has 4 heteroatoms. The van der Waals surface area contributed by atoms with Gasteiger partial charge in [-0.25, -0.2) is 0 Å². The summed E-state index contributed by atoms with van der Waals surface area (Å²) in [6.45, 7) is 0. The zero-order valence-corrected chi connectivity index (χ0v) is 61.4. The van der Waals surface area contributed by atoms with Crippen LogP contribution in [0, 0.1) is 0 Å². The van der Waals surface area contributed by atoms with E-state index in [1.165, 1.54) is 245 Å². The lowest BCUT2D eigenvalue weighted by molar-refractivity contribution is 1.63. The van der Waals surface area contributed by atoms with Crippen LogP contribution in [0.25, 0.3) is 245 Å². The minimum Gasteiger partial charge on any atom is -0.135 e. The highest BCUT2D eigenvalue weighted by molar-refractivity contribution is 7.34. The van der Waals surface area contributed by atoms with Gasteiger partial charge < -0.3 is 0 Å². The average molecular weight is 1440 g/mol. The van der Waals surface area contributed by atoms with E-state index in [-0.39, 0.29) is 0 Å². The van der Waals surface area contributed by atoms with Crippen LogP contribution in [0.15, 0.2) is 352 Å². The first-order valence-electron chi connectivity index (χ1n) is 37.1. The van der Waals surface area contributed by atoms with E-state index in [1.807, 2.05) is 45.3 Å². The first-order chi connectivity index (χ1) is 53.6. The number of hydrogen-bond acceptors (Lipinski definition) is 4. The van der Waals surface area contributed by atoms with Crippen LogP contribution >= 0.6 is 45.3 Å². The maximum atomic E-state index is 2.52. The van der Waals surface area contributed by atoms with E-state index in [9.17, 15) is 0 Å². The summed E-state index contributed by atoms with van der Waals surface area (Å²) in [6, 6.07) is 133. The molecule has 0 radical (unpaired) electrons. The second-order valence-corrected chi connectivity index (χ2v) is 33.2. The van der Waals surface area contributed by atoms with Gasteiger partial charge in [-0.2, -0.15) is 0 Å². The number of hydrogen-bond donors (Lipinski definition) is 0. The first-order valence-corrected chi connectivity index (χ1v) is 40.4. The molecule has 0 nitrogen and oxygen atoms in total. The molecule has 4 aromatic heterocycles. The highest BCUT2D eigenvalue weighted by Crippen LogP contribution is 2.55. The Kier molecular flexibility index (Phi) is 13.1. The molecule has 0 N–H and O–H groups in total. The van der Waals surface area contributed by atoms with E-state index in [1.54, 1.807) is 0 Å². The van der Waals surface area contributed by atoms with Crippen molar-refractivity contribution in [1.29, 1.82) is 0 Å². The standard InChI is InChI=1S/C104H58S4/c1-2-26-65-59(22-1)23-20-41-70(65)97-75-34-9-5-30-71(75)95(72-31-6-10-35-76(72)97)61-48-46-60(47-49-61)85-56-88-83-43-21-42-82(101(83)108-102(88)89-58-94-87(57-86(85)89)69-29-15-17-44-91(69)105-94)68-51-52-81(67-28-4-3-27-66(67)68)98-77-36-11-7-32-73(77)96(74-33-8-12-37-78(74)98)64-25-19-24-62(54-64)63-50-53-93-90(55-63)100-80-39-14-13-38-79(80)99-84-40-16-18-45-92(84)106-103(99)104(100)107-93/h1-58H. The third kappa shape index (κ3) is 8.83.